The molecule has 1 aromatic rings. The number of carbonyl (C=O) groups is 2. The van der Waals surface area contributed by atoms with Gasteiger partial charge in [0.25, 0.3) is 5.91 Å². The van der Waals surface area contributed by atoms with Crippen molar-refractivity contribution in [3.05, 3.63) is 33.8 Å². The highest BCUT2D eigenvalue weighted by Gasteiger charge is 2.36. The molecule has 0 saturated carbocycles. The lowest BCUT2D eigenvalue weighted by Gasteiger charge is -2.26. The lowest BCUT2D eigenvalue weighted by Crippen LogP contribution is -2.42. The van der Waals surface area contributed by atoms with Crippen LogP contribution in [0, 0.1) is 0 Å². The first-order valence-corrected chi connectivity index (χ1v) is 9.35. The van der Waals surface area contributed by atoms with Crippen LogP contribution in [0.25, 0.3) is 0 Å². The largest absolute Gasteiger partial charge is 0.461 e. The summed E-state index contributed by atoms with van der Waals surface area (Å²) in [5, 5.41) is 0.784. The third-order valence-electron chi connectivity index (χ3n) is 4.58. The summed E-state index contributed by atoms with van der Waals surface area (Å²) in [6.45, 7) is 1.48. The van der Waals surface area contributed by atoms with Crippen molar-refractivity contribution in [1.29, 1.82) is 0 Å². The number of halogens is 2. The summed E-state index contributed by atoms with van der Waals surface area (Å²) in [5.41, 5.74) is 0.382. The van der Waals surface area contributed by atoms with Crippen LogP contribution in [-0.4, -0.2) is 48.7 Å². The molecule has 1 aromatic carbocycles. The van der Waals surface area contributed by atoms with E-state index in [0.29, 0.717) is 35.2 Å². The van der Waals surface area contributed by atoms with E-state index < -0.39 is 6.04 Å². The zero-order valence-electron chi connectivity index (χ0n) is 13.9. The van der Waals surface area contributed by atoms with Gasteiger partial charge in [0.05, 0.1) is 6.10 Å². The molecule has 2 aliphatic rings. The Bertz CT molecular complexity index is 626. The van der Waals surface area contributed by atoms with Gasteiger partial charge in [-0.05, 0) is 50.3 Å². The van der Waals surface area contributed by atoms with E-state index in [9.17, 15) is 9.59 Å². The maximum Gasteiger partial charge on any atom is 0.328 e. The Morgan fingerprint density at radius 3 is 2.56 bits per heavy atom. The van der Waals surface area contributed by atoms with Crippen LogP contribution in [-0.2, 0) is 14.3 Å². The predicted octanol–water partition coefficient (Wildman–Crippen LogP) is 3.71. The molecule has 2 unspecified atom stereocenters. The number of hydrogen-bond donors (Lipinski definition) is 0. The zero-order chi connectivity index (χ0) is 17.8. The molecular weight excluding hydrogens is 365 g/mol. The van der Waals surface area contributed by atoms with E-state index in [1.165, 1.54) is 0 Å². The van der Waals surface area contributed by atoms with Gasteiger partial charge in [0.15, 0.2) is 0 Å². The fraction of sp³-hybridized carbons (Fsp3) is 0.556. The highest BCUT2D eigenvalue weighted by Crippen LogP contribution is 2.25. The van der Waals surface area contributed by atoms with Crippen molar-refractivity contribution < 1.29 is 19.1 Å². The predicted molar refractivity (Wildman–Crippen MR) is 95.1 cm³/mol. The van der Waals surface area contributed by atoms with Crippen LogP contribution in [0.2, 0.25) is 10.0 Å². The van der Waals surface area contributed by atoms with Gasteiger partial charge in [0.2, 0.25) is 0 Å². The van der Waals surface area contributed by atoms with Crippen molar-refractivity contribution in [2.75, 3.05) is 19.8 Å². The van der Waals surface area contributed by atoms with E-state index in [4.69, 9.17) is 32.7 Å². The Labute approximate surface area is 157 Å². The van der Waals surface area contributed by atoms with Gasteiger partial charge < -0.3 is 14.4 Å². The number of rotatable bonds is 4. The molecule has 2 fully saturated rings. The first-order chi connectivity index (χ1) is 12.0. The smallest absolute Gasteiger partial charge is 0.328 e. The summed E-state index contributed by atoms with van der Waals surface area (Å²) in [4.78, 5) is 26.7. The van der Waals surface area contributed by atoms with E-state index in [1.54, 1.807) is 23.1 Å². The van der Waals surface area contributed by atoms with Crippen molar-refractivity contribution in [3.8, 4) is 0 Å². The number of hydrogen-bond acceptors (Lipinski definition) is 4. The van der Waals surface area contributed by atoms with Gasteiger partial charge in [-0.15, -0.1) is 0 Å². The van der Waals surface area contributed by atoms with Crippen LogP contribution in [0.3, 0.4) is 0 Å². The highest BCUT2D eigenvalue weighted by atomic mass is 35.5. The lowest BCUT2D eigenvalue weighted by atomic mass is 10.1. The van der Waals surface area contributed by atoms with Crippen LogP contribution in [0.4, 0.5) is 0 Å². The van der Waals surface area contributed by atoms with Gasteiger partial charge in [-0.1, -0.05) is 23.2 Å². The lowest BCUT2D eigenvalue weighted by molar-refractivity contribution is -0.153. The van der Waals surface area contributed by atoms with Crippen molar-refractivity contribution in [2.45, 2.75) is 44.2 Å². The third kappa shape index (κ3) is 4.66. The summed E-state index contributed by atoms with van der Waals surface area (Å²) >= 11 is 11.9. The van der Waals surface area contributed by atoms with E-state index in [0.717, 1.165) is 25.7 Å². The molecule has 3 rings (SSSR count). The summed E-state index contributed by atoms with van der Waals surface area (Å²) in [6, 6.07) is 4.13. The van der Waals surface area contributed by atoms with Crippen molar-refractivity contribution in [1.82, 2.24) is 4.90 Å². The fourth-order valence-electron chi connectivity index (χ4n) is 3.31. The SMILES string of the molecule is O=C(OCC1CCCCO1)C1CCCN1C(=O)c1cc(Cl)cc(Cl)c1. The molecule has 5 nitrogen and oxygen atoms in total. The molecule has 136 valence electrons. The second-order valence-corrected chi connectivity index (χ2v) is 7.31. The van der Waals surface area contributed by atoms with Crippen LogP contribution in [0.1, 0.15) is 42.5 Å². The number of carbonyl (C=O) groups excluding carboxylic acids is 2. The van der Waals surface area contributed by atoms with Crippen LogP contribution in [0.15, 0.2) is 18.2 Å². The fourth-order valence-corrected chi connectivity index (χ4v) is 3.83. The number of esters is 1. The molecule has 2 saturated heterocycles. The number of likely N-dealkylation sites (tertiary alicyclic amines) is 1. The third-order valence-corrected chi connectivity index (χ3v) is 5.02. The monoisotopic (exact) mass is 385 g/mol. The van der Waals surface area contributed by atoms with Crippen LogP contribution in [0.5, 0.6) is 0 Å². The maximum atomic E-state index is 12.7. The molecule has 7 heteroatoms. The average molecular weight is 386 g/mol. The van der Waals surface area contributed by atoms with Gasteiger partial charge in [0, 0.05) is 28.8 Å². The van der Waals surface area contributed by atoms with E-state index >= 15 is 0 Å². The molecule has 0 aliphatic carbocycles. The molecule has 2 aliphatic heterocycles. The minimum atomic E-state index is -0.561. The summed E-state index contributed by atoms with van der Waals surface area (Å²) in [7, 11) is 0. The standard InChI is InChI=1S/C18H21Cl2NO4/c19-13-8-12(9-14(20)10-13)17(22)21-6-3-5-16(21)18(23)25-11-15-4-1-2-7-24-15/h8-10,15-16H,1-7,11H2. The van der Waals surface area contributed by atoms with Gasteiger partial charge in [-0.25, -0.2) is 4.79 Å². The zero-order valence-corrected chi connectivity index (χ0v) is 15.4. The average Bonchev–Trinajstić information content (AvgIpc) is 3.09. The Morgan fingerprint density at radius 2 is 1.88 bits per heavy atom. The van der Waals surface area contributed by atoms with E-state index in [-0.39, 0.29) is 24.6 Å². The molecule has 0 N–H and O–H groups in total. The van der Waals surface area contributed by atoms with Crippen molar-refractivity contribution in [2.24, 2.45) is 0 Å². The Balaban J connectivity index is 1.62. The van der Waals surface area contributed by atoms with E-state index in [2.05, 4.69) is 0 Å². The molecule has 0 bridgehead atoms. The molecule has 0 spiro atoms. The van der Waals surface area contributed by atoms with Gasteiger partial charge in [0.1, 0.15) is 12.6 Å². The number of benzene rings is 1. The molecule has 2 heterocycles. The Hall–Kier alpha value is -1.30. The molecule has 25 heavy (non-hydrogen) atoms. The first kappa shape index (κ1) is 18.5. The summed E-state index contributed by atoms with van der Waals surface area (Å²) in [6.07, 6.45) is 4.38. The minimum absolute atomic E-state index is 0.0324. The minimum Gasteiger partial charge on any atom is -0.461 e. The molecule has 0 aromatic heterocycles. The number of nitrogens with zero attached hydrogens (tertiary/aromatic N) is 1. The molecule has 2 atom stereocenters. The van der Waals surface area contributed by atoms with Gasteiger partial charge >= 0.3 is 5.97 Å². The van der Waals surface area contributed by atoms with Crippen LogP contribution < -0.4 is 0 Å². The number of ether oxygens (including phenoxy) is 2. The second kappa shape index (κ2) is 8.39. The van der Waals surface area contributed by atoms with Crippen LogP contribution >= 0.6 is 23.2 Å². The maximum absolute atomic E-state index is 12.7. The highest BCUT2D eigenvalue weighted by molar-refractivity contribution is 6.35. The summed E-state index contributed by atoms with van der Waals surface area (Å²) < 4.78 is 11.0. The quantitative estimate of drug-likeness (QED) is 0.741. The van der Waals surface area contributed by atoms with Gasteiger partial charge in [-0.3, -0.25) is 4.79 Å². The Morgan fingerprint density at radius 1 is 1.12 bits per heavy atom. The molecule has 1 amide bonds. The van der Waals surface area contributed by atoms with E-state index in [1.807, 2.05) is 0 Å². The molecular formula is C18H21Cl2NO4. The Kier molecular flexibility index (Phi) is 6.20. The van der Waals surface area contributed by atoms with Gasteiger partial charge in [-0.2, -0.15) is 0 Å². The first-order valence-electron chi connectivity index (χ1n) is 8.60. The normalized spacial score (nSPS) is 23.5. The molecule has 0 radical (unpaired) electrons. The second-order valence-electron chi connectivity index (χ2n) is 6.43. The van der Waals surface area contributed by atoms with Crippen molar-refractivity contribution >= 4 is 35.1 Å². The number of amides is 1. The summed E-state index contributed by atoms with van der Waals surface area (Å²) in [5.74, 6) is -0.620. The van der Waals surface area contributed by atoms with Crippen molar-refractivity contribution in [3.63, 3.8) is 0 Å². The topological polar surface area (TPSA) is 55.8 Å².